The van der Waals surface area contributed by atoms with Crippen molar-refractivity contribution in [3.8, 4) is 11.8 Å². The van der Waals surface area contributed by atoms with Crippen LogP contribution >= 0.6 is 0 Å². The van der Waals surface area contributed by atoms with Crippen molar-refractivity contribution in [1.82, 2.24) is 9.80 Å². The van der Waals surface area contributed by atoms with Crippen molar-refractivity contribution in [2.45, 2.75) is 19.2 Å². The van der Waals surface area contributed by atoms with E-state index in [1.165, 1.54) is 9.80 Å². The molecule has 8 nitrogen and oxygen atoms in total. The van der Waals surface area contributed by atoms with Gasteiger partial charge in [0, 0.05) is 13.0 Å². The molecule has 144 valence electrons. The zero-order valence-corrected chi connectivity index (χ0v) is 15.5. The molecule has 0 spiro atoms. The smallest absolute Gasteiger partial charge is 0.498 e. The number of likely N-dealkylation sites (N-methyl/N-ethyl adjacent to an activating group) is 1. The molecule has 1 aromatic rings. The fourth-order valence-corrected chi connectivity index (χ4v) is 2.98. The third-order valence-corrected chi connectivity index (χ3v) is 4.28. The van der Waals surface area contributed by atoms with Crippen LogP contribution in [0.1, 0.15) is 33.6 Å². The molecule has 0 saturated carbocycles. The first-order valence-electron chi connectivity index (χ1n) is 8.94. The lowest BCUT2D eigenvalue weighted by atomic mass is 9.84. The Morgan fingerprint density at radius 2 is 1.54 bits per heavy atom. The molecule has 2 heterocycles. The number of fused-ring (bicyclic) bond motifs is 1. The Kier molecular flexibility index (Phi) is 6.11. The van der Waals surface area contributed by atoms with Gasteiger partial charge >= 0.3 is 19.1 Å². The quantitative estimate of drug-likeness (QED) is 0.326. The monoisotopic (exact) mass is 382 g/mol. The van der Waals surface area contributed by atoms with Crippen molar-refractivity contribution in [3.05, 3.63) is 35.4 Å². The molecule has 1 aromatic carbocycles. The first kappa shape index (κ1) is 19.6. The number of hydrogen-bond acceptors (Lipinski definition) is 7. The highest BCUT2D eigenvalue weighted by Gasteiger charge is 2.34. The molecule has 9 heteroatoms. The summed E-state index contributed by atoms with van der Waals surface area (Å²) in [5.74, 6) is 4.17. The van der Waals surface area contributed by atoms with E-state index in [1.807, 2.05) is 0 Å². The van der Waals surface area contributed by atoms with E-state index >= 15 is 0 Å². The van der Waals surface area contributed by atoms with Gasteiger partial charge in [0.2, 0.25) is 0 Å². The number of carbonyl (C=O) groups is 4. The van der Waals surface area contributed by atoms with Gasteiger partial charge < -0.3 is 9.31 Å². The zero-order valence-electron chi connectivity index (χ0n) is 15.5. The number of nitrogens with zero attached hydrogens (tertiary/aromatic N) is 2. The fraction of sp³-hybridized carbons (Fsp3) is 0.368. The van der Waals surface area contributed by atoms with Crippen molar-refractivity contribution in [1.29, 1.82) is 0 Å². The van der Waals surface area contributed by atoms with Crippen LogP contribution in [0.3, 0.4) is 0 Å². The van der Waals surface area contributed by atoms with Crippen molar-refractivity contribution >= 4 is 30.9 Å². The van der Waals surface area contributed by atoms with Crippen LogP contribution in [0.4, 0.5) is 0 Å². The van der Waals surface area contributed by atoms with E-state index in [-0.39, 0.29) is 37.8 Å². The highest BCUT2D eigenvalue weighted by molar-refractivity contribution is 6.50. The van der Waals surface area contributed by atoms with Crippen molar-refractivity contribution < 1.29 is 28.5 Å². The van der Waals surface area contributed by atoms with Crippen LogP contribution < -0.4 is 0 Å². The van der Waals surface area contributed by atoms with Gasteiger partial charge in [-0.2, -0.15) is 0 Å². The molecular formula is C19H19BN2O6. The molecule has 0 unspecified atom stereocenters. The first-order valence-corrected chi connectivity index (χ1v) is 8.94. The van der Waals surface area contributed by atoms with E-state index < -0.39 is 19.1 Å². The molecule has 28 heavy (non-hydrogen) atoms. The number of amides is 2. The van der Waals surface area contributed by atoms with Gasteiger partial charge in [0.25, 0.3) is 11.8 Å². The van der Waals surface area contributed by atoms with Gasteiger partial charge in [-0.05, 0) is 25.6 Å². The molecular weight excluding hydrogens is 363 g/mol. The Hall–Kier alpha value is -3.12. The number of benzene rings is 1. The van der Waals surface area contributed by atoms with E-state index in [4.69, 9.17) is 9.31 Å². The molecule has 1 fully saturated rings. The SMILES string of the molecule is CN1CC(=O)OB(CC#CCCCN2C(=O)c3ccccc3C2=O)OC(=O)C1. The maximum absolute atomic E-state index is 12.2. The van der Waals surface area contributed by atoms with Gasteiger partial charge in [0.1, 0.15) is 0 Å². The average Bonchev–Trinajstić information content (AvgIpc) is 2.88. The van der Waals surface area contributed by atoms with Gasteiger partial charge in [-0.25, -0.2) is 0 Å². The van der Waals surface area contributed by atoms with Crippen LogP contribution in [0.25, 0.3) is 0 Å². The topological polar surface area (TPSA) is 93.2 Å². The van der Waals surface area contributed by atoms with E-state index in [2.05, 4.69) is 11.8 Å². The lowest BCUT2D eigenvalue weighted by Crippen LogP contribution is -2.42. The maximum atomic E-state index is 12.2. The maximum Gasteiger partial charge on any atom is 0.611 e. The Morgan fingerprint density at radius 1 is 0.964 bits per heavy atom. The summed E-state index contributed by atoms with van der Waals surface area (Å²) in [5.41, 5.74) is 0.856. The second-order valence-corrected chi connectivity index (χ2v) is 6.55. The summed E-state index contributed by atoms with van der Waals surface area (Å²) in [4.78, 5) is 50.5. The molecule has 0 bridgehead atoms. The highest BCUT2D eigenvalue weighted by Crippen LogP contribution is 2.22. The van der Waals surface area contributed by atoms with Crippen LogP contribution in [-0.2, 0) is 18.9 Å². The molecule has 2 amide bonds. The van der Waals surface area contributed by atoms with Gasteiger partial charge in [-0.1, -0.05) is 12.1 Å². The van der Waals surface area contributed by atoms with Gasteiger partial charge in [-0.3, -0.25) is 29.0 Å². The predicted molar refractivity (Wildman–Crippen MR) is 99.1 cm³/mol. The molecule has 0 N–H and O–H groups in total. The lowest BCUT2D eigenvalue weighted by molar-refractivity contribution is -0.145. The summed E-state index contributed by atoms with van der Waals surface area (Å²) in [6.45, 7) is 0.305. The molecule has 0 atom stereocenters. The second-order valence-electron chi connectivity index (χ2n) is 6.55. The number of hydrogen-bond donors (Lipinski definition) is 0. The lowest BCUT2D eigenvalue weighted by Gasteiger charge is -2.21. The second kappa shape index (κ2) is 8.72. The van der Waals surface area contributed by atoms with E-state index in [1.54, 1.807) is 31.3 Å². The first-order chi connectivity index (χ1) is 13.5. The third kappa shape index (κ3) is 4.59. The van der Waals surface area contributed by atoms with Gasteiger partial charge in [0.15, 0.2) is 0 Å². The molecule has 2 aliphatic heterocycles. The number of unbranched alkanes of at least 4 members (excludes halogenated alkanes) is 1. The Bertz CT molecular complexity index is 820. The average molecular weight is 382 g/mol. The Balaban J connectivity index is 1.45. The van der Waals surface area contributed by atoms with Crippen LogP contribution in [0, 0.1) is 11.8 Å². The van der Waals surface area contributed by atoms with E-state index in [9.17, 15) is 19.2 Å². The van der Waals surface area contributed by atoms with E-state index in [0.29, 0.717) is 24.0 Å². The van der Waals surface area contributed by atoms with Crippen molar-refractivity contribution in [2.24, 2.45) is 0 Å². The third-order valence-electron chi connectivity index (χ3n) is 4.28. The standard InChI is InChI=1S/C19H19BN2O6/c1-21-12-16(23)27-20(28-17(24)13-21)10-6-2-3-7-11-22-18(25)14-8-4-5-9-15(14)19(22)26/h4-5,8-9H,3,7,10-13H2,1H3. The zero-order chi connectivity index (χ0) is 20.1. The fourth-order valence-electron chi connectivity index (χ4n) is 2.98. The highest BCUT2D eigenvalue weighted by atomic mass is 16.6. The summed E-state index contributed by atoms with van der Waals surface area (Å²) < 4.78 is 10.1. The van der Waals surface area contributed by atoms with Gasteiger partial charge in [0.05, 0.1) is 30.5 Å². The van der Waals surface area contributed by atoms with Crippen molar-refractivity contribution in [3.63, 3.8) is 0 Å². The molecule has 0 aliphatic carbocycles. The molecule has 0 aromatic heterocycles. The van der Waals surface area contributed by atoms with Crippen LogP contribution in [0.5, 0.6) is 0 Å². The van der Waals surface area contributed by atoms with Crippen molar-refractivity contribution in [2.75, 3.05) is 26.7 Å². The summed E-state index contributed by atoms with van der Waals surface area (Å²) >= 11 is 0. The molecule has 2 aliphatic rings. The minimum atomic E-state index is -1.02. The normalized spacial score (nSPS) is 17.3. The van der Waals surface area contributed by atoms with Gasteiger partial charge in [-0.15, -0.1) is 11.8 Å². The molecule has 1 saturated heterocycles. The summed E-state index contributed by atoms with van der Waals surface area (Å²) in [6.07, 6.45) is 1.05. The van der Waals surface area contributed by atoms with Crippen LogP contribution in [0.2, 0.25) is 6.32 Å². The summed E-state index contributed by atoms with van der Waals surface area (Å²) in [5, 5.41) is 0. The largest absolute Gasteiger partial charge is 0.611 e. The van der Waals surface area contributed by atoms with Crippen LogP contribution in [-0.4, -0.2) is 67.4 Å². The van der Waals surface area contributed by atoms with Crippen LogP contribution in [0.15, 0.2) is 24.3 Å². The Morgan fingerprint density at radius 3 is 2.11 bits per heavy atom. The molecule has 0 radical (unpaired) electrons. The number of carbonyl (C=O) groups excluding carboxylic acids is 4. The molecule has 3 rings (SSSR count). The van der Waals surface area contributed by atoms with E-state index in [0.717, 1.165) is 0 Å². The minimum absolute atomic E-state index is 0.0132. The summed E-state index contributed by atoms with van der Waals surface area (Å²) in [7, 11) is 0.606. The summed E-state index contributed by atoms with van der Waals surface area (Å²) in [6, 6.07) is 6.74. The minimum Gasteiger partial charge on any atom is -0.498 e. The predicted octanol–water partition coefficient (Wildman–Crippen LogP) is 0.586. The number of imide groups is 1. The number of rotatable bonds is 4. The Labute approximate surface area is 162 Å².